The van der Waals surface area contributed by atoms with E-state index in [1.165, 1.54) is 12.4 Å². The van der Waals surface area contributed by atoms with Gasteiger partial charge in [-0.1, -0.05) is 36.4 Å². The van der Waals surface area contributed by atoms with Crippen molar-refractivity contribution < 1.29 is 32.3 Å². The van der Waals surface area contributed by atoms with E-state index in [0.717, 1.165) is 18.7 Å². The maximum Gasteiger partial charge on any atom is 0.490 e. The number of para-hydroxylation sites is 1. The van der Waals surface area contributed by atoms with Crippen molar-refractivity contribution in [1.29, 1.82) is 0 Å². The molecule has 1 saturated heterocycles. The van der Waals surface area contributed by atoms with Crippen LogP contribution in [0.4, 0.5) is 23.4 Å². The van der Waals surface area contributed by atoms with Crippen molar-refractivity contribution in [2.24, 2.45) is 0 Å². The van der Waals surface area contributed by atoms with Crippen LogP contribution in [-0.4, -0.2) is 82.2 Å². The number of nitrogens with zero attached hydrogens (tertiary/aromatic N) is 4. The van der Waals surface area contributed by atoms with Crippen LogP contribution < -0.4 is 5.32 Å². The third-order valence-corrected chi connectivity index (χ3v) is 5.56. The summed E-state index contributed by atoms with van der Waals surface area (Å²) >= 11 is 0. The van der Waals surface area contributed by atoms with Gasteiger partial charge in [-0.15, -0.1) is 0 Å². The molecule has 1 aliphatic heterocycles. The number of carbonyl (C=O) groups excluding carboxylic acids is 1. The number of fused-ring (bicyclic) bond motifs is 1. The molecule has 1 aliphatic rings. The van der Waals surface area contributed by atoms with Gasteiger partial charge in [0, 0.05) is 38.0 Å². The highest BCUT2D eigenvalue weighted by atomic mass is 19.4. The summed E-state index contributed by atoms with van der Waals surface area (Å²) in [4.78, 5) is 34.7. The summed E-state index contributed by atoms with van der Waals surface area (Å²) in [5.41, 5.74) is 1.30. The van der Waals surface area contributed by atoms with E-state index in [2.05, 4.69) is 27.2 Å². The Kier molecular flexibility index (Phi) is 8.75. The number of hydrogen-bond donors (Lipinski definition) is 2. The maximum atomic E-state index is 14.1. The number of carboxylic acid groups (broad SMARTS) is 1. The molecule has 8 nitrogen and oxygen atoms in total. The number of aliphatic carboxylic acids is 1. The average Bonchev–Trinajstić information content (AvgIpc) is 2.85. The van der Waals surface area contributed by atoms with Crippen LogP contribution in [0.25, 0.3) is 10.9 Å². The van der Waals surface area contributed by atoms with Gasteiger partial charge in [0.2, 0.25) is 5.91 Å². The number of nitrogens with one attached hydrogen (secondary N) is 1. The Balaban J connectivity index is 0.000000454. The smallest absolute Gasteiger partial charge is 0.475 e. The highest BCUT2D eigenvalue weighted by molar-refractivity contribution is 5.92. The first-order valence-corrected chi connectivity index (χ1v) is 11.0. The van der Waals surface area contributed by atoms with Crippen LogP contribution in [0.5, 0.6) is 0 Å². The number of hydrogen-bond acceptors (Lipinski definition) is 6. The summed E-state index contributed by atoms with van der Waals surface area (Å²) in [7, 11) is 2.06. The van der Waals surface area contributed by atoms with Gasteiger partial charge >= 0.3 is 12.1 Å². The lowest BCUT2D eigenvalue weighted by molar-refractivity contribution is -0.192. The molecule has 0 saturated carbocycles. The zero-order chi connectivity index (χ0) is 26.3. The minimum atomic E-state index is -5.08. The zero-order valence-electron chi connectivity index (χ0n) is 19.4. The number of anilines is 1. The van der Waals surface area contributed by atoms with Gasteiger partial charge in [-0.25, -0.2) is 19.2 Å². The Hall–Kier alpha value is -3.80. The lowest BCUT2D eigenvalue weighted by Crippen LogP contribution is -2.52. The lowest BCUT2D eigenvalue weighted by Gasteiger charge is -2.35. The zero-order valence-corrected chi connectivity index (χ0v) is 19.4. The molecule has 2 aromatic carbocycles. The van der Waals surface area contributed by atoms with Crippen LogP contribution in [-0.2, 0) is 16.0 Å². The Labute approximate surface area is 204 Å². The van der Waals surface area contributed by atoms with Crippen molar-refractivity contribution >= 4 is 28.6 Å². The summed E-state index contributed by atoms with van der Waals surface area (Å²) < 4.78 is 45.9. The topological polar surface area (TPSA) is 98.7 Å². The molecule has 1 fully saturated rings. The second kappa shape index (κ2) is 11.8. The molecule has 0 bridgehead atoms. The van der Waals surface area contributed by atoms with Gasteiger partial charge in [-0.3, -0.25) is 4.79 Å². The average molecular weight is 507 g/mol. The van der Waals surface area contributed by atoms with Gasteiger partial charge in [-0.2, -0.15) is 13.2 Å². The standard InChI is InChI=1S/C22H24FN5O.C2HF3O2/c1-27-10-12-28(13-11-27)22(29)19(14-16-6-3-2-4-7-16)26-21-17-8-5-9-18(23)20(17)24-15-25-21;3-2(4,5)1(6)7/h2-9,15,19H,10-14H2,1H3,(H,24,25,26);(H,6,7). The first-order chi connectivity index (χ1) is 17.1. The third-order valence-electron chi connectivity index (χ3n) is 5.56. The quantitative estimate of drug-likeness (QED) is 0.512. The molecular formula is C24H25F4N5O3. The predicted octanol–water partition coefficient (Wildman–Crippen LogP) is 3.20. The van der Waals surface area contributed by atoms with E-state index < -0.39 is 24.0 Å². The van der Waals surface area contributed by atoms with Crippen LogP contribution >= 0.6 is 0 Å². The number of piperazine rings is 1. The monoisotopic (exact) mass is 507 g/mol. The van der Waals surface area contributed by atoms with E-state index in [1.807, 2.05) is 35.2 Å². The van der Waals surface area contributed by atoms with E-state index in [9.17, 15) is 22.4 Å². The van der Waals surface area contributed by atoms with Gasteiger partial charge in [0.15, 0.2) is 0 Å². The highest BCUT2D eigenvalue weighted by Gasteiger charge is 2.38. The van der Waals surface area contributed by atoms with Crippen LogP contribution in [0.15, 0.2) is 54.9 Å². The molecule has 0 spiro atoms. The fourth-order valence-corrected chi connectivity index (χ4v) is 3.63. The van der Waals surface area contributed by atoms with Crippen molar-refractivity contribution in [2.45, 2.75) is 18.6 Å². The third kappa shape index (κ3) is 7.11. The Morgan fingerprint density at radius 1 is 1.03 bits per heavy atom. The molecule has 1 atom stereocenters. The van der Waals surface area contributed by atoms with Gasteiger partial charge in [0.1, 0.15) is 29.5 Å². The van der Waals surface area contributed by atoms with E-state index in [-0.39, 0.29) is 11.4 Å². The van der Waals surface area contributed by atoms with Crippen LogP contribution in [0.3, 0.4) is 0 Å². The van der Waals surface area contributed by atoms with Crippen LogP contribution in [0, 0.1) is 5.82 Å². The summed E-state index contributed by atoms with van der Waals surface area (Å²) in [6, 6.07) is 14.1. The maximum absolute atomic E-state index is 14.1. The number of alkyl halides is 3. The van der Waals surface area contributed by atoms with Crippen LogP contribution in [0.1, 0.15) is 5.56 Å². The van der Waals surface area contributed by atoms with E-state index >= 15 is 0 Å². The summed E-state index contributed by atoms with van der Waals surface area (Å²) in [6.45, 7) is 3.10. The van der Waals surface area contributed by atoms with E-state index in [0.29, 0.717) is 30.7 Å². The lowest BCUT2D eigenvalue weighted by atomic mass is 10.0. The number of rotatable bonds is 5. The van der Waals surface area contributed by atoms with Crippen LogP contribution in [0.2, 0.25) is 0 Å². The number of halogens is 4. The van der Waals surface area contributed by atoms with Crippen molar-refractivity contribution in [3.63, 3.8) is 0 Å². The minimum Gasteiger partial charge on any atom is -0.475 e. The molecule has 12 heteroatoms. The number of aromatic nitrogens is 2. The summed E-state index contributed by atoms with van der Waals surface area (Å²) in [5.74, 6) is -2.66. The molecule has 4 rings (SSSR count). The van der Waals surface area contributed by atoms with Crippen molar-refractivity contribution in [3.05, 3.63) is 66.2 Å². The Bertz CT molecular complexity index is 1190. The number of benzene rings is 2. The van der Waals surface area contributed by atoms with Crippen molar-refractivity contribution in [3.8, 4) is 0 Å². The molecule has 0 aliphatic carbocycles. The number of amides is 1. The Morgan fingerprint density at radius 2 is 1.67 bits per heavy atom. The molecule has 2 heterocycles. The number of carboxylic acids is 1. The molecule has 1 aromatic heterocycles. The molecule has 0 radical (unpaired) electrons. The predicted molar refractivity (Wildman–Crippen MR) is 125 cm³/mol. The van der Waals surface area contributed by atoms with Crippen molar-refractivity contribution in [2.75, 3.05) is 38.5 Å². The minimum absolute atomic E-state index is 0.0325. The SMILES string of the molecule is CN1CCN(C(=O)C(Cc2ccccc2)Nc2ncnc3c(F)cccc23)CC1.O=C(O)C(F)(F)F. The van der Waals surface area contributed by atoms with Crippen molar-refractivity contribution in [1.82, 2.24) is 19.8 Å². The molecule has 1 amide bonds. The van der Waals surface area contributed by atoms with E-state index in [1.54, 1.807) is 12.1 Å². The molecule has 192 valence electrons. The first-order valence-electron chi connectivity index (χ1n) is 11.0. The molecule has 3 aromatic rings. The van der Waals surface area contributed by atoms with Gasteiger partial charge in [0.25, 0.3) is 0 Å². The normalized spacial score (nSPS) is 15.1. The summed E-state index contributed by atoms with van der Waals surface area (Å²) in [6.07, 6.45) is -3.24. The fourth-order valence-electron chi connectivity index (χ4n) is 3.63. The van der Waals surface area contributed by atoms with Gasteiger partial charge in [0.05, 0.1) is 0 Å². The van der Waals surface area contributed by atoms with E-state index in [4.69, 9.17) is 9.90 Å². The second-order valence-corrected chi connectivity index (χ2v) is 8.18. The van der Waals surface area contributed by atoms with Gasteiger partial charge < -0.3 is 20.2 Å². The molecule has 1 unspecified atom stereocenters. The first kappa shape index (κ1) is 26.8. The molecule has 2 N–H and O–H groups in total. The summed E-state index contributed by atoms with van der Waals surface area (Å²) in [5, 5.41) is 11.0. The molecule has 36 heavy (non-hydrogen) atoms. The Morgan fingerprint density at radius 3 is 2.28 bits per heavy atom. The second-order valence-electron chi connectivity index (χ2n) is 8.18. The van der Waals surface area contributed by atoms with Gasteiger partial charge in [-0.05, 0) is 24.7 Å². The largest absolute Gasteiger partial charge is 0.490 e. The number of likely N-dealkylation sites (N-methyl/N-ethyl adjacent to an activating group) is 1. The fraction of sp³-hybridized carbons (Fsp3) is 0.333. The molecular weight excluding hydrogens is 482 g/mol. The highest BCUT2D eigenvalue weighted by Crippen LogP contribution is 2.23. The number of carbonyl (C=O) groups is 2.